The highest BCUT2D eigenvalue weighted by Gasteiger charge is 2.13. The number of carbonyl (C=O) groups excluding carboxylic acids is 1. The summed E-state index contributed by atoms with van der Waals surface area (Å²) in [5.41, 5.74) is 7.43. The maximum absolute atomic E-state index is 11.2. The number of anilines is 1. The van der Waals surface area contributed by atoms with Gasteiger partial charge in [0.2, 0.25) is 0 Å². The quantitative estimate of drug-likeness (QED) is 0.901. The first-order chi connectivity index (χ1) is 8.18. The van der Waals surface area contributed by atoms with Crippen molar-refractivity contribution in [2.24, 2.45) is 5.73 Å². The van der Waals surface area contributed by atoms with Gasteiger partial charge in [0.1, 0.15) is 4.88 Å². The van der Waals surface area contributed by atoms with Crippen molar-refractivity contribution in [1.82, 2.24) is 0 Å². The zero-order valence-electron chi connectivity index (χ0n) is 9.59. The van der Waals surface area contributed by atoms with Gasteiger partial charge < -0.3 is 10.6 Å². The van der Waals surface area contributed by atoms with Crippen molar-refractivity contribution in [2.45, 2.75) is 6.54 Å². The van der Waals surface area contributed by atoms with Crippen LogP contribution in [-0.2, 0) is 6.54 Å². The third-order valence-corrected chi connectivity index (χ3v) is 3.46. The maximum Gasteiger partial charge on any atom is 0.260 e. The SMILES string of the molecule is CN(Cc1ccccc1)c1ccsc1C(N)=O. The number of rotatable bonds is 4. The molecule has 0 bridgehead atoms. The summed E-state index contributed by atoms with van der Waals surface area (Å²) in [5.74, 6) is -0.366. The molecule has 4 heteroatoms. The topological polar surface area (TPSA) is 46.3 Å². The number of amides is 1. The molecule has 3 nitrogen and oxygen atoms in total. The highest BCUT2D eigenvalue weighted by atomic mass is 32.1. The molecule has 1 amide bonds. The molecule has 1 aromatic carbocycles. The Kier molecular flexibility index (Phi) is 3.44. The highest BCUT2D eigenvalue weighted by molar-refractivity contribution is 7.12. The van der Waals surface area contributed by atoms with Crippen molar-refractivity contribution in [3.8, 4) is 0 Å². The van der Waals surface area contributed by atoms with E-state index >= 15 is 0 Å². The molecule has 2 rings (SSSR count). The van der Waals surface area contributed by atoms with Gasteiger partial charge in [-0.25, -0.2) is 0 Å². The van der Waals surface area contributed by atoms with E-state index in [9.17, 15) is 4.79 Å². The fourth-order valence-corrected chi connectivity index (χ4v) is 2.52. The number of primary amides is 1. The molecule has 0 saturated heterocycles. The zero-order valence-corrected chi connectivity index (χ0v) is 10.4. The minimum Gasteiger partial charge on any atom is -0.369 e. The lowest BCUT2D eigenvalue weighted by atomic mass is 10.2. The first-order valence-electron chi connectivity index (χ1n) is 5.31. The van der Waals surface area contributed by atoms with Crippen LogP contribution >= 0.6 is 11.3 Å². The molecule has 0 aliphatic heterocycles. The van der Waals surface area contributed by atoms with Crippen molar-refractivity contribution in [3.63, 3.8) is 0 Å². The van der Waals surface area contributed by atoms with Gasteiger partial charge in [0.15, 0.2) is 0 Å². The normalized spacial score (nSPS) is 10.2. The van der Waals surface area contributed by atoms with Gasteiger partial charge in [0.25, 0.3) is 5.91 Å². The molecule has 2 N–H and O–H groups in total. The number of hydrogen-bond donors (Lipinski definition) is 1. The van der Waals surface area contributed by atoms with E-state index in [-0.39, 0.29) is 5.91 Å². The van der Waals surface area contributed by atoms with Crippen LogP contribution in [0, 0.1) is 0 Å². The van der Waals surface area contributed by atoms with E-state index in [0.717, 1.165) is 12.2 Å². The van der Waals surface area contributed by atoms with E-state index in [1.807, 2.05) is 41.6 Å². The van der Waals surface area contributed by atoms with E-state index in [0.29, 0.717) is 4.88 Å². The first-order valence-corrected chi connectivity index (χ1v) is 6.19. The van der Waals surface area contributed by atoms with Gasteiger partial charge in [0.05, 0.1) is 5.69 Å². The maximum atomic E-state index is 11.2. The van der Waals surface area contributed by atoms with Crippen molar-refractivity contribution in [2.75, 3.05) is 11.9 Å². The van der Waals surface area contributed by atoms with Crippen LogP contribution in [0.25, 0.3) is 0 Å². The van der Waals surface area contributed by atoms with Crippen molar-refractivity contribution < 1.29 is 4.79 Å². The number of nitrogens with zero attached hydrogens (tertiary/aromatic N) is 1. The van der Waals surface area contributed by atoms with Crippen LogP contribution in [-0.4, -0.2) is 13.0 Å². The van der Waals surface area contributed by atoms with Crippen LogP contribution in [0.5, 0.6) is 0 Å². The fraction of sp³-hybridized carbons (Fsp3) is 0.154. The summed E-state index contributed by atoms with van der Waals surface area (Å²) in [6.45, 7) is 0.762. The first kappa shape index (κ1) is 11.7. The van der Waals surface area contributed by atoms with Gasteiger partial charge in [-0.2, -0.15) is 0 Å². The van der Waals surface area contributed by atoms with E-state index < -0.39 is 0 Å². The molecule has 0 spiro atoms. The molecule has 0 unspecified atom stereocenters. The third-order valence-electron chi connectivity index (χ3n) is 2.54. The summed E-state index contributed by atoms with van der Waals surface area (Å²) in [4.78, 5) is 13.9. The van der Waals surface area contributed by atoms with Crippen molar-refractivity contribution in [3.05, 3.63) is 52.2 Å². The predicted octanol–water partition coefficient (Wildman–Crippen LogP) is 2.48. The molecule has 1 aromatic heterocycles. The molecular weight excluding hydrogens is 232 g/mol. The molecule has 0 atom stereocenters. The molecule has 17 heavy (non-hydrogen) atoms. The van der Waals surface area contributed by atoms with Crippen LogP contribution < -0.4 is 10.6 Å². The minimum atomic E-state index is -0.366. The average Bonchev–Trinajstić information content (AvgIpc) is 2.79. The number of benzene rings is 1. The van der Waals surface area contributed by atoms with Gasteiger partial charge >= 0.3 is 0 Å². The minimum absolute atomic E-state index is 0.366. The molecule has 0 aliphatic rings. The standard InChI is InChI=1S/C13H14N2OS/c1-15(9-10-5-3-2-4-6-10)11-7-8-17-12(11)13(14)16/h2-8H,9H2,1H3,(H2,14,16). The second-order valence-electron chi connectivity index (χ2n) is 3.84. The molecule has 0 radical (unpaired) electrons. The zero-order chi connectivity index (χ0) is 12.3. The summed E-state index contributed by atoms with van der Waals surface area (Å²) >= 11 is 1.38. The lowest BCUT2D eigenvalue weighted by molar-refractivity contribution is 0.100. The Labute approximate surface area is 104 Å². The van der Waals surface area contributed by atoms with Crippen molar-refractivity contribution in [1.29, 1.82) is 0 Å². The van der Waals surface area contributed by atoms with Gasteiger partial charge in [-0.05, 0) is 17.0 Å². The van der Waals surface area contributed by atoms with Gasteiger partial charge in [0, 0.05) is 13.6 Å². The number of hydrogen-bond acceptors (Lipinski definition) is 3. The van der Waals surface area contributed by atoms with Crippen LogP contribution in [0.3, 0.4) is 0 Å². The lowest BCUT2D eigenvalue weighted by Gasteiger charge is -2.19. The summed E-state index contributed by atoms with van der Waals surface area (Å²) in [6.07, 6.45) is 0. The van der Waals surface area contributed by atoms with E-state index in [2.05, 4.69) is 12.1 Å². The van der Waals surface area contributed by atoms with Gasteiger partial charge in [-0.3, -0.25) is 4.79 Å². The number of thiophene rings is 1. The molecule has 0 fully saturated rings. The van der Waals surface area contributed by atoms with Gasteiger partial charge in [-0.1, -0.05) is 30.3 Å². The number of nitrogens with two attached hydrogens (primary N) is 1. The molecular formula is C13H14N2OS. The Morgan fingerprint density at radius 2 is 2.00 bits per heavy atom. The van der Waals surface area contributed by atoms with Crippen LogP contribution in [0.1, 0.15) is 15.2 Å². The Hall–Kier alpha value is -1.81. The van der Waals surface area contributed by atoms with E-state index in [1.54, 1.807) is 0 Å². The van der Waals surface area contributed by atoms with Crippen molar-refractivity contribution >= 4 is 22.9 Å². The van der Waals surface area contributed by atoms with Crippen LogP contribution in [0.4, 0.5) is 5.69 Å². The monoisotopic (exact) mass is 246 g/mol. The fourth-order valence-electron chi connectivity index (χ4n) is 1.73. The van der Waals surface area contributed by atoms with E-state index in [1.165, 1.54) is 16.9 Å². The smallest absolute Gasteiger partial charge is 0.260 e. The summed E-state index contributed by atoms with van der Waals surface area (Å²) < 4.78 is 0. The second kappa shape index (κ2) is 5.01. The Morgan fingerprint density at radius 3 is 2.65 bits per heavy atom. The van der Waals surface area contributed by atoms with E-state index in [4.69, 9.17) is 5.73 Å². The lowest BCUT2D eigenvalue weighted by Crippen LogP contribution is -2.20. The molecule has 0 saturated carbocycles. The Balaban J connectivity index is 2.17. The summed E-state index contributed by atoms with van der Waals surface area (Å²) in [7, 11) is 1.96. The van der Waals surface area contributed by atoms with Crippen LogP contribution in [0.15, 0.2) is 41.8 Å². The summed E-state index contributed by atoms with van der Waals surface area (Å²) in [5, 5.41) is 1.89. The molecule has 2 aromatic rings. The largest absolute Gasteiger partial charge is 0.369 e. The molecule has 1 heterocycles. The summed E-state index contributed by atoms with van der Waals surface area (Å²) in [6, 6.07) is 12.0. The second-order valence-corrected chi connectivity index (χ2v) is 4.76. The predicted molar refractivity (Wildman–Crippen MR) is 71.4 cm³/mol. The molecule has 88 valence electrons. The average molecular weight is 246 g/mol. The highest BCUT2D eigenvalue weighted by Crippen LogP contribution is 2.25. The van der Waals surface area contributed by atoms with Gasteiger partial charge in [-0.15, -0.1) is 11.3 Å². The molecule has 0 aliphatic carbocycles. The van der Waals surface area contributed by atoms with Crippen LogP contribution in [0.2, 0.25) is 0 Å². The Morgan fingerprint density at radius 1 is 1.29 bits per heavy atom. The number of carbonyl (C=O) groups is 1. The third kappa shape index (κ3) is 2.65. The Bertz CT molecular complexity index is 507.